The van der Waals surface area contributed by atoms with E-state index in [4.69, 9.17) is 15.2 Å². The summed E-state index contributed by atoms with van der Waals surface area (Å²) in [6.45, 7) is 0.811. The van der Waals surface area contributed by atoms with Crippen LogP contribution in [-0.4, -0.2) is 36.0 Å². The van der Waals surface area contributed by atoms with Crippen LogP contribution in [0.4, 0.5) is 5.69 Å². The molecule has 2 aromatic carbocycles. The van der Waals surface area contributed by atoms with Gasteiger partial charge in [0.15, 0.2) is 11.5 Å². The molecular weight excluding hydrogens is 362 g/mol. The number of likely N-dealkylation sites (tertiary alicyclic amines) is 1. The third-order valence-electron chi connectivity index (χ3n) is 4.81. The lowest BCUT2D eigenvalue weighted by Crippen LogP contribution is -2.37. The predicted molar refractivity (Wildman–Crippen MR) is 99.4 cm³/mol. The summed E-state index contributed by atoms with van der Waals surface area (Å²) in [4.78, 5) is 38.5. The van der Waals surface area contributed by atoms with Crippen LogP contribution < -0.4 is 20.5 Å². The number of carbonyl (C=O) groups excluding carboxylic acids is 3. The van der Waals surface area contributed by atoms with Crippen molar-refractivity contribution in [3.8, 4) is 11.5 Å². The largest absolute Gasteiger partial charge is 0.454 e. The van der Waals surface area contributed by atoms with Gasteiger partial charge in [0.05, 0.1) is 5.92 Å². The molecule has 0 aliphatic carbocycles. The van der Waals surface area contributed by atoms with E-state index in [0.29, 0.717) is 29.3 Å². The summed E-state index contributed by atoms with van der Waals surface area (Å²) in [6.07, 6.45) is 0.0748. The number of benzene rings is 2. The summed E-state index contributed by atoms with van der Waals surface area (Å²) >= 11 is 0. The Hall–Kier alpha value is -3.55. The van der Waals surface area contributed by atoms with E-state index in [1.165, 1.54) is 0 Å². The monoisotopic (exact) mass is 381 g/mol. The number of nitrogens with two attached hydrogens (primary N) is 1. The fourth-order valence-corrected chi connectivity index (χ4v) is 3.28. The Balaban J connectivity index is 1.36. The molecule has 1 fully saturated rings. The Morgan fingerprint density at radius 3 is 2.64 bits per heavy atom. The van der Waals surface area contributed by atoms with E-state index in [0.717, 1.165) is 5.56 Å². The molecule has 3 amide bonds. The molecule has 2 aromatic rings. The SMILES string of the molecule is Nc1ccc(C(=O)NC(=O)C2CC(=O)N(Cc3ccc4c(c3)OCO4)C2)cc1. The number of amides is 3. The van der Waals surface area contributed by atoms with Gasteiger partial charge in [-0.1, -0.05) is 6.07 Å². The summed E-state index contributed by atoms with van der Waals surface area (Å²) in [5.41, 5.74) is 7.35. The number of ether oxygens (including phenoxy) is 2. The maximum Gasteiger partial charge on any atom is 0.257 e. The highest BCUT2D eigenvalue weighted by Crippen LogP contribution is 2.33. The first kappa shape index (κ1) is 17.8. The highest BCUT2D eigenvalue weighted by Gasteiger charge is 2.35. The number of nitrogen functional groups attached to an aromatic ring is 1. The van der Waals surface area contributed by atoms with E-state index in [9.17, 15) is 14.4 Å². The molecule has 28 heavy (non-hydrogen) atoms. The molecular formula is C20H19N3O5. The van der Waals surface area contributed by atoms with Gasteiger partial charge in [0.25, 0.3) is 5.91 Å². The van der Waals surface area contributed by atoms with Crippen molar-refractivity contribution >= 4 is 23.4 Å². The maximum atomic E-state index is 12.4. The van der Waals surface area contributed by atoms with Crippen LogP contribution >= 0.6 is 0 Å². The van der Waals surface area contributed by atoms with Crippen LogP contribution in [0.2, 0.25) is 0 Å². The number of nitrogens with zero attached hydrogens (tertiary/aromatic N) is 1. The third kappa shape index (κ3) is 3.62. The molecule has 1 saturated heterocycles. The quantitative estimate of drug-likeness (QED) is 0.610. The molecule has 4 rings (SSSR count). The van der Waals surface area contributed by atoms with Crippen LogP contribution in [0.15, 0.2) is 42.5 Å². The minimum atomic E-state index is -0.570. The highest BCUT2D eigenvalue weighted by molar-refractivity contribution is 6.06. The molecule has 144 valence electrons. The topological polar surface area (TPSA) is 111 Å². The van der Waals surface area contributed by atoms with Crippen molar-refractivity contribution < 1.29 is 23.9 Å². The lowest BCUT2D eigenvalue weighted by Gasteiger charge is -2.17. The summed E-state index contributed by atoms with van der Waals surface area (Å²) in [7, 11) is 0. The minimum Gasteiger partial charge on any atom is -0.454 e. The van der Waals surface area contributed by atoms with E-state index in [1.54, 1.807) is 35.2 Å². The second-order valence-electron chi connectivity index (χ2n) is 6.80. The van der Waals surface area contributed by atoms with Gasteiger partial charge in [-0.15, -0.1) is 0 Å². The Kier molecular flexibility index (Phi) is 4.60. The number of imide groups is 1. The van der Waals surface area contributed by atoms with Gasteiger partial charge in [-0.3, -0.25) is 19.7 Å². The van der Waals surface area contributed by atoms with Gasteiger partial charge < -0.3 is 20.1 Å². The molecule has 1 unspecified atom stereocenters. The second-order valence-corrected chi connectivity index (χ2v) is 6.80. The van der Waals surface area contributed by atoms with Gasteiger partial charge in [-0.25, -0.2) is 0 Å². The van der Waals surface area contributed by atoms with Crippen LogP contribution in [-0.2, 0) is 16.1 Å². The zero-order valence-corrected chi connectivity index (χ0v) is 15.0. The molecule has 3 N–H and O–H groups in total. The molecule has 0 bridgehead atoms. The van der Waals surface area contributed by atoms with Crippen molar-refractivity contribution in [2.45, 2.75) is 13.0 Å². The summed E-state index contributed by atoms with van der Waals surface area (Å²) in [6, 6.07) is 11.8. The van der Waals surface area contributed by atoms with Crippen molar-refractivity contribution in [1.82, 2.24) is 10.2 Å². The smallest absolute Gasteiger partial charge is 0.257 e. The average molecular weight is 381 g/mol. The third-order valence-corrected chi connectivity index (χ3v) is 4.81. The van der Waals surface area contributed by atoms with Crippen LogP contribution in [0.5, 0.6) is 11.5 Å². The molecule has 2 aliphatic rings. The standard InChI is InChI=1S/C20H19N3O5/c21-15-4-2-13(3-5-15)19(25)22-20(26)14-8-18(24)23(10-14)9-12-1-6-16-17(7-12)28-11-27-16/h1-7,14H,8-11,21H2,(H,22,25,26). The average Bonchev–Trinajstić information content (AvgIpc) is 3.28. The molecule has 0 aromatic heterocycles. The fourth-order valence-electron chi connectivity index (χ4n) is 3.28. The van der Waals surface area contributed by atoms with Crippen molar-refractivity contribution in [3.05, 3.63) is 53.6 Å². The van der Waals surface area contributed by atoms with Crippen molar-refractivity contribution in [2.24, 2.45) is 5.92 Å². The Morgan fingerprint density at radius 2 is 1.86 bits per heavy atom. The zero-order chi connectivity index (χ0) is 19.7. The lowest BCUT2D eigenvalue weighted by atomic mass is 10.1. The molecule has 8 heteroatoms. The Labute approximate surface area is 161 Å². The number of fused-ring (bicyclic) bond motifs is 1. The first-order valence-electron chi connectivity index (χ1n) is 8.86. The molecule has 2 aliphatic heterocycles. The highest BCUT2D eigenvalue weighted by atomic mass is 16.7. The van der Waals surface area contributed by atoms with Crippen molar-refractivity contribution in [2.75, 3.05) is 19.1 Å². The van der Waals surface area contributed by atoms with Gasteiger partial charge in [0.2, 0.25) is 18.6 Å². The Bertz CT molecular complexity index is 941. The van der Waals surface area contributed by atoms with Crippen LogP contribution in [0.1, 0.15) is 22.3 Å². The summed E-state index contributed by atoms with van der Waals surface area (Å²) < 4.78 is 10.6. The molecule has 0 spiro atoms. The van der Waals surface area contributed by atoms with Crippen LogP contribution in [0.3, 0.4) is 0 Å². The summed E-state index contributed by atoms with van der Waals surface area (Å²) in [5, 5.41) is 2.36. The lowest BCUT2D eigenvalue weighted by molar-refractivity contribution is -0.129. The van der Waals surface area contributed by atoms with E-state index in [1.807, 2.05) is 12.1 Å². The van der Waals surface area contributed by atoms with Gasteiger partial charge in [0, 0.05) is 30.8 Å². The normalized spacial score (nSPS) is 17.6. The fraction of sp³-hybridized carbons (Fsp3) is 0.250. The van der Waals surface area contributed by atoms with Crippen LogP contribution in [0, 0.1) is 5.92 Å². The number of carbonyl (C=O) groups is 3. The number of rotatable bonds is 4. The minimum absolute atomic E-state index is 0.0748. The number of hydrogen-bond acceptors (Lipinski definition) is 6. The van der Waals surface area contributed by atoms with Gasteiger partial charge in [-0.05, 0) is 42.0 Å². The van der Waals surface area contributed by atoms with E-state index < -0.39 is 17.7 Å². The van der Waals surface area contributed by atoms with Crippen LogP contribution in [0.25, 0.3) is 0 Å². The van der Waals surface area contributed by atoms with Crippen molar-refractivity contribution in [1.29, 1.82) is 0 Å². The number of nitrogens with one attached hydrogen (secondary N) is 1. The van der Waals surface area contributed by atoms with E-state index in [-0.39, 0.29) is 25.7 Å². The molecule has 1 atom stereocenters. The van der Waals surface area contributed by atoms with E-state index >= 15 is 0 Å². The first-order chi connectivity index (χ1) is 13.5. The van der Waals surface area contributed by atoms with Crippen molar-refractivity contribution in [3.63, 3.8) is 0 Å². The maximum absolute atomic E-state index is 12.4. The van der Waals surface area contributed by atoms with Gasteiger partial charge in [0.1, 0.15) is 0 Å². The molecule has 0 saturated carbocycles. The number of hydrogen-bond donors (Lipinski definition) is 2. The predicted octanol–water partition coefficient (Wildman–Crippen LogP) is 1.30. The number of anilines is 1. The molecule has 0 radical (unpaired) electrons. The Morgan fingerprint density at radius 1 is 1.11 bits per heavy atom. The first-order valence-corrected chi connectivity index (χ1v) is 8.86. The van der Waals surface area contributed by atoms with E-state index in [2.05, 4.69) is 5.32 Å². The van der Waals surface area contributed by atoms with Gasteiger partial charge in [-0.2, -0.15) is 0 Å². The summed E-state index contributed by atoms with van der Waals surface area (Å²) in [5.74, 6) is -0.338. The second kappa shape index (κ2) is 7.22. The van der Waals surface area contributed by atoms with Gasteiger partial charge >= 0.3 is 0 Å². The zero-order valence-electron chi connectivity index (χ0n) is 15.0. The molecule has 2 heterocycles. The molecule has 8 nitrogen and oxygen atoms in total.